The average molecular weight is 219 g/mol. The molecule has 2 nitrogen and oxygen atoms in total. The van der Waals surface area contributed by atoms with Gasteiger partial charge < -0.3 is 10.1 Å². The number of hydrogen-bond donors (Lipinski definition) is 1. The fourth-order valence-corrected chi connectivity index (χ4v) is 1.37. The fourth-order valence-electron chi connectivity index (χ4n) is 1.37. The average Bonchev–Trinajstić information content (AvgIpc) is 2.29. The Kier molecular flexibility index (Phi) is 5.65. The van der Waals surface area contributed by atoms with Crippen molar-refractivity contribution < 1.29 is 4.74 Å². The van der Waals surface area contributed by atoms with Crippen molar-refractivity contribution in [2.75, 3.05) is 20.2 Å². The van der Waals surface area contributed by atoms with Gasteiger partial charge in [-0.15, -0.1) is 0 Å². The molecular formula is C14H21NO. The van der Waals surface area contributed by atoms with Crippen molar-refractivity contribution in [3.63, 3.8) is 0 Å². The maximum Gasteiger partial charge on any atom is 0.118 e. The van der Waals surface area contributed by atoms with E-state index in [9.17, 15) is 0 Å². The zero-order valence-corrected chi connectivity index (χ0v) is 10.4. The van der Waals surface area contributed by atoms with Crippen LogP contribution in [0.4, 0.5) is 0 Å². The molecule has 1 N–H and O–H groups in total. The smallest absolute Gasteiger partial charge is 0.118 e. The molecule has 0 aromatic heterocycles. The Balaban J connectivity index is 2.32. The van der Waals surface area contributed by atoms with E-state index in [0.29, 0.717) is 5.92 Å². The Bertz CT molecular complexity index is 314. The second-order valence-electron chi connectivity index (χ2n) is 4.23. The van der Waals surface area contributed by atoms with Crippen LogP contribution in [-0.2, 0) is 0 Å². The van der Waals surface area contributed by atoms with Crippen molar-refractivity contribution in [2.24, 2.45) is 5.92 Å². The van der Waals surface area contributed by atoms with E-state index in [1.54, 1.807) is 7.11 Å². The van der Waals surface area contributed by atoms with Crippen molar-refractivity contribution in [1.82, 2.24) is 5.32 Å². The Hall–Kier alpha value is -1.28. The summed E-state index contributed by atoms with van der Waals surface area (Å²) in [5.74, 6) is 1.60. The highest BCUT2D eigenvalue weighted by atomic mass is 16.5. The van der Waals surface area contributed by atoms with Crippen LogP contribution in [0.1, 0.15) is 19.4 Å². The second-order valence-corrected chi connectivity index (χ2v) is 4.23. The summed E-state index contributed by atoms with van der Waals surface area (Å²) >= 11 is 0. The van der Waals surface area contributed by atoms with E-state index in [0.717, 1.165) is 18.8 Å². The Morgan fingerprint density at radius 3 is 2.50 bits per heavy atom. The Labute approximate surface area is 98.3 Å². The van der Waals surface area contributed by atoms with Gasteiger partial charge in [0.25, 0.3) is 0 Å². The van der Waals surface area contributed by atoms with Crippen LogP contribution in [0.25, 0.3) is 6.08 Å². The first kappa shape index (κ1) is 12.8. The molecule has 0 saturated heterocycles. The molecule has 0 radical (unpaired) electrons. The van der Waals surface area contributed by atoms with Crippen LogP contribution in [0.3, 0.4) is 0 Å². The van der Waals surface area contributed by atoms with Crippen LogP contribution in [0.15, 0.2) is 30.3 Å². The van der Waals surface area contributed by atoms with E-state index < -0.39 is 0 Å². The summed E-state index contributed by atoms with van der Waals surface area (Å²) in [6.07, 6.45) is 4.26. The monoisotopic (exact) mass is 219 g/mol. The number of nitrogens with one attached hydrogen (secondary N) is 1. The molecule has 16 heavy (non-hydrogen) atoms. The first-order chi connectivity index (χ1) is 7.72. The maximum absolute atomic E-state index is 5.10. The van der Waals surface area contributed by atoms with E-state index in [2.05, 4.69) is 43.4 Å². The zero-order valence-electron chi connectivity index (χ0n) is 10.4. The van der Waals surface area contributed by atoms with Crippen LogP contribution in [0.2, 0.25) is 0 Å². The van der Waals surface area contributed by atoms with Gasteiger partial charge in [-0.05, 0) is 30.2 Å². The third-order valence-electron chi connectivity index (χ3n) is 2.24. The zero-order chi connectivity index (χ0) is 11.8. The number of methoxy groups -OCH3 is 1. The van der Waals surface area contributed by atoms with E-state index in [4.69, 9.17) is 4.74 Å². The van der Waals surface area contributed by atoms with Crippen LogP contribution < -0.4 is 10.1 Å². The summed E-state index contributed by atoms with van der Waals surface area (Å²) in [5, 5.41) is 3.37. The molecule has 88 valence electrons. The van der Waals surface area contributed by atoms with Gasteiger partial charge in [0.1, 0.15) is 5.75 Å². The fraction of sp³-hybridized carbons (Fsp3) is 0.429. The van der Waals surface area contributed by atoms with Crippen molar-refractivity contribution in [3.8, 4) is 5.75 Å². The van der Waals surface area contributed by atoms with Gasteiger partial charge in [0.15, 0.2) is 0 Å². The predicted octanol–water partition coefficient (Wildman–Crippen LogP) is 2.95. The van der Waals surface area contributed by atoms with E-state index in [-0.39, 0.29) is 0 Å². The molecule has 0 saturated carbocycles. The molecule has 0 bridgehead atoms. The first-order valence-electron chi connectivity index (χ1n) is 5.73. The summed E-state index contributed by atoms with van der Waals surface area (Å²) in [6.45, 7) is 6.40. The lowest BCUT2D eigenvalue weighted by Gasteiger charge is -2.03. The van der Waals surface area contributed by atoms with Gasteiger partial charge in [-0.3, -0.25) is 0 Å². The molecule has 1 rings (SSSR count). The minimum atomic E-state index is 0.703. The van der Waals surface area contributed by atoms with Crippen LogP contribution in [0, 0.1) is 5.92 Å². The molecule has 0 aliphatic rings. The first-order valence-corrected chi connectivity index (χ1v) is 5.73. The summed E-state index contributed by atoms with van der Waals surface area (Å²) in [6, 6.07) is 8.05. The molecule has 0 fully saturated rings. The molecule has 0 atom stereocenters. The Morgan fingerprint density at radius 2 is 1.94 bits per heavy atom. The molecule has 0 aliphatic heterocycles. The van der Waals surface area contributed by atoms with Crippen LogP contribution in [0.5, 0.6) is 5.75 Å². The van der Waals surface area contributed by atoms with Gasteiger partial charge in [-0.25, -0.2) is 0 Å². The van der Waals surface area contributed by atoms with Gasteiger partial charge in [-0.1, -0.05) is 38.1 Å². The lowest BCUT2D eigenvalue weighted by molar-refractivity contribution is 0.415. The number of rotatable bonds is 6. The van der Waals surface area contributed by atoms with Crippen LogP contribution in [-0.4, -0.2) is 20.2 Å². The van der Waals surface area contributed by atoms with E-state index in [1.165, 1.54) is 5.56 Å². The third-order valence-corrected chi connectivity index (χ3v) is 2.24. The van der Waals surface area contributed by atoms with Gasteiger partial charge >= 0.3 is 0 Å². The minimum Gasteiger partial charge on any atom is -0.497 e. The van der Waals surface area contributed by atoms with Crippen molar-refractivity contribution >= 4 is 6.08 Å². The number of benzene rings is 1. The standard InChI is InChI=1S/C14H21NO/c1-12(2)11-15-10-4-5-13-6-8-14(16-3)9-7-13/h4-9,12,15H,10-11H2,1-3H3/b5-4+. The van der Waals surface area contributed by atoms with Gasteiger partial charge in [-0.2, -0.15) is 0 Å². The Morgan fingerprint density at radius 1 is 1.25 bits per heavy atom. The third kappa shape index (κ3) is 4.99. The SMILES string of the molecule is COc1ccc(/C=C/CNCC(C)C)cc1. The topological polar surface area (TPSA) is 21.3 Å². The summed E-state index contributed by atoms with van der Waals surface area (Å²) in [7, 11) is 1.68. The largest absolute Gasteiger partial charge is 0.497 e. The molecule has 0 aliphatic carbocycles. The van der Waals surface area contributed by atoms with Crippen molar-refractivity contribution in [3.05, 3.63) is 35.9 Å². The molecule has 2 heteroatoms. The quantitative estimate of drug-likeness (QED) is 0.743. The van der Waals surface area contributed by atoms with Gasteiger partial charge in [0.2, 0.25) is 0 Å². The van der Waals surface area contributed by atoms with E-state index in [1.807, 2.05) is 12.1 Å². The predicted molar refractivity (Wildman–Crippen MR) is 69.7 cm³/mol. The van der Waals surface area contributed by atoms with Gasteiger partial charge in [0.05, 0.1) is 7.11 Å². The lowest BCUT2D eigenvalue weighted by atomic mass is 10.2. The summed E-state index contributed by atoms with van der Waals surface area (Å²) < 4.78 is 5.10. The van der Waals surface area contributed by atoms with E-state index >= 15 is 0 Å². The highest BCUT2D eigenvalue weighted by Crippen LogP contribution is 2.11. The molecule has 0 heterocycles. The van der Waals surface area contributed by atoms with Crippen molar-refractivity contribution in [2.45, 2.75) is 13.8 Å². The molecule has 0 amide bonds. The van der Waals surface area contributed by atoms with Crippen molar-refractivity contribution in [1.29, 1.82) is 0 Å². The highest BCUT2D eigenvalue weighted by Gasteiger charge is 1.91. The molecule has 0 unspecified atom stereocenters. The normalized spacial score (nSPS) is 11.2. The molecule has 0 spiro atoms. The summed E-state index contributed by atoms with van der Waals surface area (Å²) in [5.41, 5.74) is 1.20. The molecule has 1 aromatic carbocycles. The van der Waals surface area contributed by atoms with Gasteiger partial charge in [0, 0.05) is 6.54 Å². The maximum atomic E-state index is 5.10. The molecule has 1 aromatic rings. The van der Waals surface area contributed by atoms with Crippen LogP contribution >= 0.6 is 0 Å². The lowest BCUT2D eigenvalue weighted by Crippen LogP contribution is -2.19. The number of hydrogen-bond acceptors (Lipinski definition) is 2. The minimum absolute atomic E-state index is 0.703. The number of ether oxygens (including phenoxy) is 1. The highest BCUT2D eigenvalue weighted by molar-refractivity contribution is 5.50. The molecular weight excluding hydrogens is 198 g/mol. The summed E-state index contributed by atoms with van der Waals surface area (Å²) in [4.78, 5) is 0. The second kappa shape index (κ2) is 7.07.